The van der Waals surface area contributed by atoms with Gasteiger partial charge in [0.25, 0.3) is 0 Å². The van der Waals surface area contributed by atoms with Gasteiger partial charge in [-0.2, -0.15) is 0 Å². The zero-order chi connectivity index (χ0) is 21.1. The molecule has 2 heterocycles. The summed E-state index contributed by atoms with van der Waals surface area (Å²) in [6.45, 7) is 9.19. The SMILES string of the molecule is CCOc1ccc(CNC(=O)C2CCN(c3nc4c(C)cc(C)cc4s3)CC2)cc1. The van der Waals surface area contributed by atoms with Gasteiger partial charge in [0.2, 0.25) is 5.91 Å². The van der Waals surface area contributed by atoms with Crippen LogP contribution in [0.5, 0.6) is 5.75 Å². The number of amides is 1. The summed E-state index contributed by atoms with van der Waals surface area (Å²) in [7, 11) is 0. The molecule has 3 aromatic rings. The van der Waals surface area contributed by atoms with Gasteiger partial charge in [0.05, 0.1) is 16.8 Å². The first-order valence-electron chi connectivity index (χ1n) is 10.7. The Morgan fingerprint density at radius 3 is 2.63 bits per heavy atom. The van der Waals surface area contributed by atoms with E-state index in [2.05, 4.69) is 36.2 Å². The second kappa shape index (κ2) is 9.04. The van der Waals surface area contributed by atoms with Crippen LogP contribution in [-0.2, 0) is 11.3 Å². The molecule has 0 unspecified atom stereocenters. The number of ether oxygens (including phenoxy) is 1. The smallest absolute Gasteiger partial charge is 0.223 e. The highest BCUT2D eigenvalue weighted by molar-refractivity contribution is 7.22. The summed E-state index contributed by atoms with van der Waals surface area (Å²) < 4.78 is 6.71. The zero-order valence-electron chi connectivity index (χ0n) is 17.9. The van der Waals surface area contributed by atoms with E-state index in [-0.39, 0.29) is 11.8 Å². The number of aryl methyl sites for hydroxylation is 2. The highest BCUT2D eigenvalue weighted by Gasteiger charge is 2.26. The van der Waals surface area contributed by atoms with Gasteiger partial charge in [-0.15, -0.1) is 0 Å². The molecule has 4 rings (SSSR count). The van der Waals surface area contributed by atoms with Crippen LogP contribution in [-0.4, -0.2) is 30.6 Å². The van der Waals surface area contributed by atoms with Crippen molar-refractivity contribution in [3.63, 3.8) is 0 Å². The summed E-state index contributed by atoms with van der Waals surface area (Å²) in [6.07, 6.45) is 1.73. The molecule has 1 N–H and O–H groups in total. The first-order chi connectivity index (χ1) is 14.5. The first kappa shape index (κ1) is 20.7. The number of nitrogens with zero attached hydrogens (tertiary/aromatic N) is 2. The molecular weight excluding hydrogens is 394 g/mol. The van der Waals surface area contributed by atoms with Crippen LogP contribution < -0.4 is 15.0 Å². The van der Waals surface area contributed by atoms with E-state index in [0.29, 0.717) is 13.2 Å². The van der Waals surface area contributed by atoms with Gasteiger partial charge in [0.15, 0.2) is 5.13 Å². The average Bonchev–Trinajstić information content (AvgIpc) is 3.18. The standard InChI is InChI=1S/C24H29N3O2S/c1-4-29-20-7-5-18(6-8-20)15-25-23(28)19-9-11-27(12-10-19)24-26-22-17(3)13-16(2)14-21(22)30-24/h5-8,13-14,19H,4,9-12,15H2,1-3H3,(H,25,28). The third kappa shape index (κ3) is 4.59. The number of thiazole rings is 1. The van der Waals surface area contributed by atoms with Crippen molar-refractivity contribution in [1.82, 2.24) is 10.3 Å². The molecule has 1 saturated heterocycles. The third-order valence-corrected chi connectivity index (χ3v) is 6.72. The molecule has 2 aromatic carbocycles. The highest BCUT2D eigenvalue weighted by atomic mass is 32.1. The molecular formula is C24H29N3O2S. The molecule has 1 amide bonds. The van der Waals surface area contributed by atoms with E-state index in [9.17, 15) is 4.79 Å². The molecule has 1 fully saturated rings. The van der Waals surface area contributed by atoms with E-state index in [0.717, 1.165) is 47.9 Å². The lowest BCUT2D eigenvalue weighted by molar-refractivity contribution is -0.125. The van der Waals surface area contributed by atoms with Crippen molar-refractivity contribution in [2.24, 2.45) is 5.92 Å². The fourth-order valence-corrected chi connectivity index (χ4v) is 5.22. The van der Waals surface area contributed by atoms with Gasteiger partial charge in [-0.05, 0) is 68.5 Å². The molecule has 158 valence electrons. The monoisotopic (exact) mass is 423 g/mol. The second-order valence-electron chi connectivity index (χ2n) is 7.98. The van der Waals surface area contributed by atoms with Crippen LogP contribution in [0.2, 0.25) is 0 Å². The molecule has 0 bridgehead atoms. The Labute approximate surface area is 182 Å². The van der Waals surface area contributed by atoms with Gasteiger partial charge in [0.1, 0.15) is 5.75 Å². The maximum Gasteiger partial charge on any atom is 0.223 e. The fourth-order valence-electron chi connectivity index (χ4n) is 4.03. The van der Waals surface area contributed by atoms with Crippen molar-refractivity contribution >= 4 is 32.6 Å². The molecule has 1 aliphatic rings. The number of carbonyl (C=O) groups excluding carboxylic acids is 1. The van der Waals surface area contributed by atoms with Gasteiger partial charge in [0, 0.05) is 25.6 Å². The molecule has 30 heavy (non-hydrogen) atoms. The lowest BCUT2D eigenvalue weighted by atomic mass is 9.96. The summed E-state index contributed by atoms with van der Waals surface area (Å²) in [5, 5.41) is 4.17. The predicted molar refractivity (Wildman–Crippen MR) is 123 cm³/mol. The minimum Gasteiger partial charge on any atom is -0.494 e. The van der Waals surface area contributed by atoms with Crippen LogP contribution in [0, 0.1) is 19.8 Å². The van der Waals surface area contributed by atoms with Crippen molar-refractivity contribution in [1.29, 1.82) is 0 Å². The summed E-state index contributed by atoms with van der Waals surface area (Å²) >= 11 is 1.76. The molecule has 0 atom stereocenters. The molecule has 0 saturated carbocycles. The summed E-state index contributed by atoms with van der Waals surface area (Å²) in [6, 6.07) is 12.3. The quantitative estimate of drug-likeness (QED) is 0.616. The van der Waals surface area contributed by atoms with Crippen molar-refractivity contribution in [3.05, 3.63) is 53.1 Å². The molecule has 0 spiro atoms. The van der Waals surface area contributed by atoms with E-state index in [1.165, 1.54) is 15.8 Å². The second-order valence-corrected chi connectivity index (χ2v) is 8.99. The molecule has 5 nitrogen and oxygen atoms in total. The number of hydrogen-bond donors (Lipinski definition) is 1. The maximum atomic E-state index is 12.6. The van der Waals surface area contributed by atoms with Gasteiger partial charge in [-0.25, -0.2) is 4.98 Å². The van der Waals surface area contributed by atoms with E-state index in [1.807, 2.05) is 31.2 Å². The average molecular weight is 424 g/mol. The largest absolute Gasteiger partial charge is 0.494 e. The van der Waals surface area contributed by atoms with Crippen LogP contribution in [0.4, 0.5) is 5.13 Å². The van der Waals surface area contributed by atoms with Crippen molar-refractivity contribution in [2.45, 2.75) is 40.2 Å². The predicted octanol–water partition coefficient (Wildman–Crippen LogP) is 4.84. The Morgan fingerprint density at radius 2 is 1.93 bits per heavy atom. The Morgan fingerprint density at radius 1 is 1.20 bits per heavy atom. The van der Waals surface area contributed by atoms with Crippen LogP contribution >= 0.6 is 11.3 Å². The van der Waals surface area contributed by atoms with E-state index < -0.39 is 0 Å². The molecule has 0 radical (unpaired) electrons. The Kier molecular flexibility index (Phi) is 6.23. The first-order valence-corrected chi connectivity index (χ1v) is 11.5. The number of fused-ring (bicyclic) bond motifs is 1. The number of carbonyl (C=O) groups is 1. The van der Waals surface area contributed by atoms with Crippen LogP contribution in [0.25, 0.3) is 10.2 Å². The Bertz CT molecular complexity index is 1020. The van der Waals surface area contributed by atoms with Crippen molar-refractivity contribution < 1.29 is 9.53 Å². The number of hydrogen-bond acceptors (Lipinski definition) is 5. The summed E-state index contributed by atoms with van der Waals surface area (Å²) in [5.41, 5.74) is 4.70. The Balaban J connectivity index is 1.30. The number of benzene rings is 2. The molecule has 6 heteroatoms. The minimum absolute atomic E-state index is 0.0716. The van der Waals surface area contributed by atoms with Gasteiger partial charge >= 0.3 is 0 Å². The molecule has 0 aliphatic carbocycles. The lowest BCUT2D eigenvalue weighted by Crippen LogP contribution is -2.40. The highest BCUT2D eigenvalue weighted by Crippen LogP contribution is 2.33. The van der Waals surface area contributed by atoms with Gasteiger partial charge in [-0.3, -0.25) is 4.79 Å². The summed E-state index contributed by atoms with van der Waals surface area (Å²) in [4.78, 5) is 19.8. The van der Waals surface area contributed by atoms with Crippen molar-refractivity contribution in [3.8, 4) is 5.75 Å². The summed E-state index contributed by atoms with van der Waals surface area (Å²) in [5.74, 6) is 1.08. The molecule has 1 aliphatic heterocycles. The number of anilines is 1. The Hall–Kier alpha value is -2.60. The van der Waals surface area contributed by atoms with Crippen molar-refractivity contribution in [2.75, 3.05) is 24.6 Å². The van der Waals surface area contributed by atoms with Crippen LogP contribution in [0.1, 0.15) is 36.5 Å². The number of nitrogens with one attached hydrogen (secondary N) is 1. The molecule has 1 aromatic heterocycles. The normalized spacial score (nSPS) is 14.8. The maximum absolute atomic E-state index is 12.6. The number of piperidine rings is 1. The van der Waals surface area contributed by atoms with Gasteiger partial charge < -0.3 is 15.0 Å². The fraction of sp³-hybridized carbons (Fsp3) is 0.417. The van der Waals surface area contributed by atoms with Gasteiger partial charge in [-0.1, -0.05) is 29.5 Å². The van der Waals surface area contributed by atoms with E-state index in [4.69, 9.17) is 9.72 Å². The van der Waals surface area contributed by atoms with E-state index >= 15 is 0 Å². The topological polar surface area (TPSA) is 54.5 Å². The number of rotatable bonds is 6. The minimum atomic E-state index is 0.0716. The zero-order valence-corrected chi connectivity index (χ0v) is 18.7. The third-order valence-electron chi connectivity index (χ3n) is 5.66. The van der Waals surface area contributed by atoms with Crippen LogP contribution in [0.15, 0.2) is 36.4 Å². The number of aromatic nitrogens is 1. The van der Waals surface area contributed by atoms with E-state index in [1.54, 1.807) is 11.3 Å². The van der Waals surface area contributed by atoms with Crippen LogP contribution in [0.3, 0.4) is 0 Å². The lowest BCUT2D eigenvalue weighted by Gasteiger charge is -2.31.